The van der Waals surface area contributed by atoms with Crippen LogP contribution in [0.4, 0.5) is 0 Å². The fraction of sp³-hybridized carbons (Fsp3) is 0.484. The van der Waals surface area contributed by atoms with E-state index in [-0.39, 0.29) is 0 Å². The van der Waals surface area contributed by atoms with Gasteiger partial charge in [0.05, 0.1) is 6.61 Å². The van der Waals surface area contributed by atoms with Crippen LogP contribution in [0.5, 0.6) is 11.5 Å². The molecule has 2 heteroatoms. The highest BCUT2D eigenvalue weighted by atomic mass is 16.5. The molecule has 2 nitrogen and oxygen atoms in total. The van der Waals surface area contributed by atoms with Crippen LogP contribution < -0.4 is 4.74 Å². The lowest BCUT2D eigenvalue weighted by Crippen LogP contribution is -2.00. The maximum absolute atomic E-state index is 10.4. The lowest BCUT2D eigenvalue weighted by atomic mass is 9.97. The Kier molecular flexibility index (Phi) is 13.1. The van der Waals surface area contributed by atoms with Crippen molar-refractivity contribution >= 4 is 0 Å². The van der Waals surface area contributed by atoms with Crippen LogP contribution in [0.2, 0.25) is 0 Å². The SMILES string of the molecule is C=CCc1ccc(O)c(-c2ccc(OCCCCCCCCCCCCC)c(CC=C)c2)c1. The fourth-order valence-corrected chi connectivity index (χ4v) is 4.26. The molecule has 2 aromatic rings. The first-order valence-corrected chi connectivity index (χ1v) is 13.0. The minimum Gasteiger partial charge on any atom is -0.507 e. The molecule has 0 spiro atoms. The standard InChI is InChI=1S/C31H44O2/c1-4-7-8-9-10-11-12-13-14-15-16-23-33-31-22-20-27(25-28(31)18-6-3)29-24-26(17-5-2)19-21-30(29)32/h5-6,19-22,24-25,32H,2-4,7-18,23H2,1H3. The number of benzene rings is 2. The second-order valence-corrected chi connectivity index (χ2v) is 9.04. The van der Waals surface area contributed by atoms with Gasteiger partial charge in [-0.15, -0.1) is 13.2 Å². The van der Waals surface area contributed by atoms with E-state index in [2.05, 4.69) is 26.1 Å². The topological polar surface area (TPSA) is 29.5 Å². The zero-order valence-corrected chi connectivity index (χ0v) is 20.8. The van der Waals surface area contributed by atoms with E-state index in [1.54, 1.807) is 6.07 Å². The zero-order valence-electron chi connectivity index (χ0n) is 20.8. The van der Waals surface area contributed by atoms with Gasteiger partial charge in [0.1, 0.15) is 11.5 Å². The zero-order chi connectivity index (χ0) is 23.7. The molecule has 0 aliphatic rings. The molecule has 0 heterocycles. The molecule has 33 heavy (non-hydrogen) atoms. The molecule has 2 aromatic carbocycles. The Bertz CT molecular complexity index is 837. The second kappa shape index (κ2) is 16.2. The van der Waals surface area contributed by atoms with Gasteiger partial charge in [0.15, 0.2) is 0 Å². The molecular weight excluding hydrogens is 404 g/mol. The molecule has 2 rings (SSSR count). The third-order valence-electron chi connectivity index (χ3n) is 6.18. The summed E-state index contributed by atoms with van der Waals surface area (Å²) in [5.74, 6) is 1.22. The number of ether oxygens (including phenoxy) is 1. The van der Waals surface area contributed by atoms with E-state index in [1.165, 1.54) is 64.2 Å². The highest BCUT2D eigenvalue weighted by Gasteiger charge is 2.10. The van der Waals surface area contributed by atoms with Gasteiger partial charge in [0, 0.05) is 5.56 Å². The molecule has 0 fully saturated rings. The van der Waals surface area contributed by atoms with Gasteiger partial charge in [0.25, 0.3) is 0 Å². The van der Waals surface area contributed by atoms with Gasteiger partial charge in [-0.25, -0.2) is 0 Å². The molecule has 0 saturated carbocycles. The maximum atomic E-state index is 10.4. The fourth-order valence-electron chi connectivity index (χ4n) is 4.26. The van der Waals surface area contributed by atoms with E-state index in [9.17, 15) is 5.11 Å². The largest absolute Gasteiger partial charge is 0.507 e. The van der Waals surface area contributed by atoms with Crippen molar-refractivity contribution in [1.29, 1.82) is 0 Å². The first kappa shape index (κ1) is 26.8. The summed E-state index contributed by atoms with van der Waals surface area (Å²) >= 11 is 0. The van der Waals surface area contributed by atoms with E-state index < -0.39 is 0 Å². The van der Waals surface area contributed by atoms with E-state index in [0.29, 0.717) is 5.75 Å². The molecule has 0 amide bonds. The highest BCUT2D eigenvalue weighted by molar-refractivity contribution is 5.72. The summed E-state index contributed by atoms with van der Waals surface area (Å²) in [5.41, 5.74) is 4.09. The van der Waals surface area contributed by atoms with Crippen molar-refractivity contribution in [3.05, 3.63) is 72.8 Å². The molecule has 0 bridgehead atoms. The summed E-state index contributed by atoms with van der Waals surface area (Å²) < 4.78 is 6.13. The minimum atomic E-state index is 0.294. The Morgan fingerprint density at radius 2 is 1.39 bits per heavy atom. The number of hydrogen-bond donors (Lipinski definition) is 1. The molecule has 0 atom stereocenters. The van der Waals surface area contributed by atoms with Crippen molar-refractivity contribution in [3.63, 3.8) is 0 Å². The van der Waals surface area contributed by atoms with Crippen LogP contribution in [0, 0.1) is 0 Å². The summed E-state index contributed by atoms with van der Waals surface area (Å²) in [6.07, 6.45) is 20.0. The summed E-state index contributed by atoms with van der Waals surface area (Å²) in [5, 5.41) is 10.4. The first-order valence-electron chi connectivity index (χ1n) is 13.0. The Morgan fingerprint density at radius 3 is 2.03 bits per heavy atom. The van der Waals surface area contributed by atoms with Crippen molar-refractivity contribution in [3.8, 4) is 22.6 Å². The molecule has 1 N–H and O–H groups in total. The van der Waals surface area contributed by atoms with E-state index in [4.69, 9.17) is 4.74 Å². The third kappa shape index (κ3) is 9.90. The molecule has 180 valence electrons. The Hall–Kier alpha value is -2.48. The predicted octanol–water partition coefficient (Wildman–Crippen LogP) is 9.21. The van der Waals surface area contributed by atoms with Gasteiger partial charge < -0.3 is 9.84 Å². The molecule has 0 unspecified atom stereocenters. The van der Waals surface area contributed by atoms with Gasteiger partial charge in [-0.2, -0.15) is 0 Å². The molecule has 0 aliphatic carbocycles. The monoisotopic (exact) mass is 448 g/mol. The number of aromatic hydroxyl groups is 1. The summed E-state index contributed by atoms with van der Waals surface area (Å²) in [7, 11) is 0. The molecule has 0 radical (unpaired) electrons. The Balaban J connectivity index is 1.80. The smallest absolute Gasteiger partial charge is 0.123 e. The molecular formula is C31H44O2. The van der Waals surface area contributed by atoms with Crippen molar-refractivity contribution in [2.75, 3.05) is 6.61 Å². The Labute approximate surface area is 202 Å². The van der Waals surface area contributed by atoms with Gasteiger partial charge >= 0.3 is 0 Å². The van der Waals surface area contributed by atoms with Gasteiger partial charge in [-0.1, -0.05) is 95.4 Å². The van der Waals surface area contributed by atoms with Crippen LogP contribution in [0.25, 0.3) is 11.1 Å². The van der Waals surface area contributed by atoms with Crippen molar-refractivity contribution in [2.45, 2.75) is 90.4 Å². The molecule has 0 aromatic heterocycles. The highest BCUT2D eigenvalue weighted by Crippen LogP contribution is 2.34. The van der Waals surface area contributed by atoms with Crippen LogP contribution in [-0.2, 0) is 12.8 Å². The van der Waals surface area contributed by atoms with Crippen molar-refractivity contribution in [1.82, 2.24) is 0 Å². The van der Waals surface area contributed by atoms with Crippen LogP contribution >= 0.6 is 0 Å². The van der Waals surface area contributed by atoms with Crippen LogP contribution in [0.1, 0.15) is 88.7 Å². The number of hydrogen-bond acceptors (Lipinski definition) is 2. The minimum absolute atomic E-state index is 0.294. The molecule has 0 saturated heterocycles. The van der Waals surface area contributed by atoms with E-state index in [0.717, 1.165) is 53.9 Å². The number of unbranched alkanes of at least 4 members (excludes halogenated alkanes) is 10. The number of phenols is 1. The van der Waals surface area contributed by atoms with Gasteiger partial charge in [-0.3, -0.25) is 0 Å². The molecule has 0 aliphatic heterocycles. The average Bonchev–Trinajstić information content (AvgIpc) is 2.82. The quantitative estimate of drug-likeness (QED) is 0.182. The van der Waals surface area contributed by atoms with Crippen molar-refractivity contribution < 1.29 is 9.84 Å². The average molecular weight is 449 g/mol. The number of phenolic OH excluding ortho intramolecular Hbond substituents is 1. The Morgan fingerprint density at radius 1 is 0.758 bits per heavy atom. The third-order valence-corrected chi connectivity index (χ3v) is 6.18. The lowest BCUT2D eigenvalue weighted by Gasteiger charge is -2.14. The number of allylic oxidation sites excluding steroid dienone is 2. The van der Waals surface area contributed by atoms with Crippen LogP contribution in [0.15, 0.2) is 61.7 Å². The van der Waals surface area contributed by atoms with E-state index in [1.807, 2.05) is 36.4 Å². The van der Waals surface area contributed by atoms with Crippen LogP contribution in [0.3, 0.4) is 0 Å². The summed E-state index contributed by atoms with van der Waals surface area (Å²) in [6, 6.07) is 11.9. The predicted molar refractivity (Wildman–Crippen MR) is 143 cm³/mol. The van der Waals surface area contributed by atoms with Gasteiger partial charge in [0.2, 0.25) is 0 Å². The number of rotatable bonds is 18. The van der Waals surface area contributed by atoms with Crippen molar-refractivity contribution in [2.24, 2.45) is 0 Å². The lowest BCUT2D eigenvalue weighted by molar-refractivity contribution is 0.302. The van der Waals surface area contributed by atoms with Crippen LogP contribution in [-0.4, -0.2) is 11.7 Å². The van der Waals surface area contributed by atoms with E-state index >= 15 is 0 Å². The summed E-state index contributed by atoms with van der Waals surface area (Å²) in [4.78, 5) is 0. The maximum Gasteiger partial charge on any atom is 0.123 e. The second-order valence-electron chi connectivity index (χ2n) is 9.04. The first-order chi connectivity index (χ1) is 16.2. The van der Waals surface area contributed by atoms with Gasteiger partial charge in [-0.05, 0) is 60.2 Å². The summed E-state index contributed by atoms with van der Waals surface area (Å²) in [6.45, 7) is 10.7. The normalized spacial score (nSPS) is 10.8.